The van der Waals surface area contributed by atoms with Crippen LogP contribution in [0.2, 0.25) is 0 Å². The Morgan fingerprint density at radius 2 is 1.67 bits per heavy atom. The first-order valence-electron chi connectivity index (χ1n) is 10.1. The van der Waals surface area contributed by atoms with Crippen LogP contribution >= 0.6 is 0 Å². The summed E-state index contributed by atoms with van der Waals surface area (Å²) in [5, 5.41) is 2.83. The third-order valence-electron chi connectivity index (χ3n) is 4.99. The average Bonchev–Trinajstić information content (AvgIpc) is 2.70. The second kappa shape index (κ2) is 8.52. The zero-order valence-corrected chi connectivity index (χ0v) is 17.7. The van der Waals surface area contributed by atoms with Gasteiger partial charge in [0.25, 0.3) is 17.0 Å². The van der Waals surface area contributed by atoms with E-state index in [9.17, 15) is 19.2 Å². The van der Waals surface area contributed by atoms with Crippen molar-refractivity contribution in [2.75, 3.05) is 5.32 Å². The zero-order chi connectivity index (χ0) is 22.0. The minimum Gasteiger partial charge on any atom is -0.322 e. The lowest BCUT2D eigenvalue weighted by Crippen LogP contribution is -2.42. The van der Waals surface area contributed by atoms with Gasteiger partial charge in [0, 0.05) is 31.9 Å². The van der Waals surface area contributed by atoms with E-state index >= 15 is 0 Å². The van der Waals surface area contributed by atoms with E-state index in [4.69, 9.17) is 0 Å². The van der Waals surface area contributed by atoms with Gasteiger partial charge in [-0.3, -0.25) is 28.1 Å². The van der Waals surface area contributed by atoms with Crippen LogP contribution < -0.4 is 22.1 Å². The summed E-state index contributed by atoms with van der Waals surface area (Å²) in [6, 6.07) is 8.42. The fourth-order valence-corrected chi connectivity index (χ4v) is 3.65. The van der Waals surface area contributed by atoms with Gasteiger partial charge in [-0.15, -0.1) is 0 Å². The predicted octanol–water partition coefficient (Wildman–Crippen LogP) is 2.24. The summed E-state index contributed by atoms with van der Waals surface area (Å²) in [7, 11) is 1.52. The van der Waals surface area contributed by atoms with E-state index in [-0.39, 0.29) is 23.1 Å². The van der Waals surface area contributed by atoms with Gasteiger partial charge in [0.2, 0.25) is 0 Å². The van der Waals surface area contributed by atoms with E-state index in [1.54, 1.807) is 18.2 Å². The fourth-order valence-electron chi connectivity index (χ4n) is 3.65. The molecule has 2 aromatic heterocycles. The lowest BCUT2D eigenvalue weighted by atomic mass is 10.1. The minimum absolute atomic E-state index is 0.0330. The van der Waals surface area contributed by atoms with Crippen LogP contribution in [0.4, 0.5) is 5.69 Å². The second-order valence-corrected chi connectivity index (χ2v) is 7.37. The van der Waals surface area contributed by atoms with Crippen molar-refractivity contribution in [1.29, 1.82) is 0 Å². The van der Waals surface area contributed by atoms with Crippen LogP contribution in [0.5, 0.6) is 0 Å². The molecular weight excluding hydrogens is 384 g/mol. The van der Waals surface area contributed by atoms with E-state index in [2.05, 4.69) is 5.32 Å². The molecule has 3 aromatic rings. The number of pyridine rings is 1. The third kappa shape index (κ3) is 3.72. The van der Waals surface area contributed by atoms with Gasteiger partial charge in [0.1, 0.15) is 5.65 Å². The maximum atomic E-state index is 13.2. The Balaban J connectivity index is 2.35. The molecule has 0 aliphatic rings. The van der Waals surface area contributed by atoms with Crippen LogP contribution in [0.25, 0.3) is 11.0 Å². The molecule has 30 heavy (non-hydrogen) atoms. The normalized spacial score (nSPS) is 11.1. The van der Waals surface area contributed by atoms with Crippen molar-refractivity contribution in [1.82, 2.24) is 13.7 Å². The number of carbonyl (C=O) groups is 1. The van der Waals surface area contributed by atoms with Gasteiger partial charge in [-0.2, -0.15) is 0 Å². The highest BCUT2D eigenvalue weighted by Gasteiger charge is 2.22. The molecule has 0 spiro atoms. The van der Waals surface area contributed by atoms with Crippen LogP contribution in [0, 0.1) is 6.92 Å². The van der Waals surface area contributed by atoms with Gasteiger partial charge in [-0.05, 0) is 37.5 Å². The highest BCUT2D eigenvalue weighted by atomic mass is 16.2. The number of aryl methyl sites for hydroxylation is 3. The number of anilines is 1. The van der Waals surface area contributed by atoms with Crippen LogP contribution in [-0.4, -0.2) is 19.6 Å². The van der Waals surface area contributed by atoms with Crippen LogP contribution in [-0.2, 0) is 20.1 Å². The molecule has 158 valence electrons. The smallest absolute Gasteiger partial charge is 0.322 e. The minimum atomic E-state index is -0.565. The molecule has 0 saturated carbocycles. The Hall–Kier alpha value is -3.42. The third-order valence-corrected chi connectivity index (χ3v) is 4.99. The molecule has 0 fully saturated rings. The first-order valence-corrected chi connectivity index (χ1v) is 10.1. The summed E-state index contributed by atoms with van der Waals surface area (Å²) < 4.78 is 3.79. The number of amides is 1. The Morgan fingerprint density at radius 3 is 2.30 bits per heavy atom. The van der Waals surface area contributed by atoms with Crippen LogP contribution in [0.1, 0.15) is 42.6 Å². The number of hydrogen-bond acceptors (Lipinski definition) is 4. The summed E-state index contributed by atoms with van der Waals surface area (Å²) >= 11 is 0. The van der Waals surface area contributed by atoms with Crippen molar-refractivity contribution in [3.63, 3.8) is 0 Å². The molecule has 1 amide bonds. The number of hydrogen-bond donors (Lipinski definition) is 1. The van der Waals surface area contributed by atoms with E-state index in [1.165, 1.54) is 22.2 Å². The van der Waals surface area contributed by atoms with Crippen LogP contribution in [0.3, 0.4) is 0 Å². The molecule has 1 N–H and O–H groups in total. The SMILES string of the molecule is CCCn1c(=O)c2c(C(=O)Nc3cccc(C)c3)cc(=O)n(CCC)c2n(C)c1=O. The van der Waals surface area contributed by atoms with Crippen molar-refractivity contribution in [2.24, 2.45) is 7.05 Å². The van der Waals surface area contributed by atoms with Crippen molar-refractivity contribution in [3.8, 4) is 0 Å². The number of fused-ring (bicyclic) bond motifs is 1. The monoisotopic (exact) mass is 410 g/mol. The van der Waals surface area contributed by atoms with Gasteiger partial charge >= 0.3 is 5.69 Å². The highest BCUT2D eigenvalue weighted by Crippen LogP contribution is 2.16. The topological polar surface area (TPSA) is 95.1 Å². The summed E-state index contributed by atoms with van der Waals surface area (Å²) in [6.45, 7) is 6.22. The summed E-state index contributed by atoms with van der Waals surface area (Å²) in [5.41, 5.74) is 0.161. The summed E-state index contributed by atoms with van der Waals surface area (Å²) in [4.78, 5) is 51.9. The van der Waals surface area contributed by atoms with E-state index in [1.807, 2.05) is 26.8 Å². The van der Waals surface area contributed by atoms with Gasteiger partial charge in [0.15, 0.2) is 0 Å². The lowest BCUT2D eigenvalue weighted by molar-refractivity contribution is 0.102. The summed E-state index contributed by atoms with van der Waals surface area (Å²) in [6.07, 6.45) is 1.22. The number of nitrogens with zero attached hydrogens (tertiary/aromatic N) is 3. The van der Waals surface area contributed by atoms with E-state index in [0.29, 0.717) is 25.1 Å². The molecule has 3 rings (SSSR count). The standard InChI is InChI=1S/C22H26N4O4/c1-5-10-25-17(27)13-16(19(28)23-15-9-7-8-14(3)12-15)18-20(25)24(4)22(30)26(11-6-2)21(18)29/h7-9,12-13H,5-6,10-11H2,1-4H3,(H,23,28). The number of benzene rings is 1. The highest BCUT2D eigenvalue weighted by molar-refractivity contribution is 6.11. The molecule has 0 aliphatic heterocycles. The van der Waals surface area contributed by atoms with Crippen LogP contribution in [0.15, 0.2) is 44.7 Å². The van der Waals surface area contributed by atoms with Gasteiger partial charge in [0.05, 0.1) is 10.9 Å². The molecule has 0 atom stereocenters. The van der Waals surface area contributed by atoms with Crippen molar-refractivity contribution < 1.29 is 4.79 Å². The number of rotatable bonds is 6. The van der Waals surface area contributed by atoms with Gasteiger partial charge in [-0.25, -0.2) is 4.79 Å². The molecular formula is C22H26N4O4. The van der Waals surface area contributed by atoms with Crippen molar-refractivity contribution in [3.05, 3.63) is 72.7 Å². The Labute approximate surface area is 173 Å². The molecule has 0 unspecified atom stereocenters. The molecule has 0 radical (unpaired) electrons. The van der Waals surface area contributed by atoms with Gasteiger partial charge < -0.3 is 5.32 Å². The zero-order valence-electron chi connectivity index (χ0n) is 17.7. The van der Waals surface area contributed by atoms with E-state index < -0.39 is 22.7 Å². The molecule has 8 heteroatoms. The van der Waals surface area contributed by atoms with Crippen molar-refractivity contribution >= 4 is 22.6 Å². The average molecular weight is 410 g/mol. The Bertz CT molecular complexity index is 1300. The van der Waals surface area contributed by atoms with E-state index in [0.717, 1.165) is 10.1 Å². The first kappa shape index (κ1) is 21.3. The number of aromatic nitrogens is 3. The molecule has 0 saturated heterocycles. The maximum Gasteiger partial charge on any atom is 0.332 e. The predicted molar refractivity (Wildman–Crippen MR) is 117 cm³/mol. The molecule has 1 aromatic carbocycles. The molecule has 8 nitrogen and oxygen atoms in total. The van der Waals surface area contributed by atoms with Gasteiger partial charge in [-0.1, -0.05) is 26.0 Å². The Kier molecular flexibility index (Phi) is 6.05. The second-order valence-electron chi connectivity index (χ2n) is 7.37. The number of nitrogens with one attached hydrogen (secondary N) is 1. The molecule has 0 aliphatic carbocycles. The first-order chi connectivity index (χ1) is 14.3. The quantitative estimate of drug-likeness (QED) is 0.674. The number of carbonyl (C=O) groups excluding carboxylic acids is 1. The maximum absolute atomic E-state index is 13.2. The fraction of sp³-hybridized carbons (Fsp3) is 0.364. The molecule has 0 bridgehead atoms. The Morgan fingerprint density at radius 1 is 1.00 bits per heavy atom. The van der Waals surface area contributed by atoms with Crippen molar-refractivity contribution in [2.45, 2.75) is 46.7 Å². The largest absolute Gasteiger partial charge is 0.332 e. The lowest BCUT2D eigenvalue weighted by Gasteiger charge is -2.17. The molecule has 2 heterocycles. The summed E-state index contributed by atoms with van der Waals surface area (Å²) in [5.74, 6) is -0.565.